The Morgan fingerprint density at radius 1 is 1.07 bits per heavy atom. The first-order valence-electron chi connectivity index (χ1n) is 7.76. The number of hydrogen-bond donors (Lipinski definition) is 1. The molecule has 0 bridgehead atoms. The molecule has 0 amide bonds. The number of rotatable bonds is 6. The molecule has 0 saturated carbocycles. The summed E-state index contributed by atoms with van der Waals surface area (Å²) in [5, 5.41) is 0. The van der Waals surface area contributed by atoms with Crippen molar-refractivity contribution in [2.24, 2.45) is 0 Å². The van der Waals surface area contributed by atoms with Gasteiger partial charge in [-0.3, -0.25) is 9.59 Å². The lowest BCUT2D eigenvalue weighted by molar-refractivity contribution is -0.274. The summed E-state index contributed by atoms with van der Waals surface area (Å²) < 4.78 is 44.9. The van der Waals surface area contributed by atoms with E-state index in [0.717, 1.165) is 24.3 Å². The van der Waals surface area contributed by atoms with Crippen molar-refractivity contribution in [2.45, 2.75) is 27.1 Å². The largest absolute Gasteiger partial charge is 0.573 e. The topological polar surface area (TPSA) is 85.5 Å². The number of halogens is 3. The molecule has 0 radical (unpaired) electrons. The molecule has 27 heavy (non-hydrogen) atoms. The molecule has 0 unspecified atom stereocenters. The number of alkyl halides is 3. The van der Waals surface area contributed by atoms with E-state index in [0.29, 0.717) is 16.8 Å². The average Bonchev–Trinajstić information content (AvgIpc) is 2.86. The van der Waals surface area contributed by atoms with Crippen LogP contribution in [0.2, 0.25) is 0 Å². The first-order valence-corrected chi connectivity index (χ1v) is 7.76. The SMILES string of the molecule is CC(=O)c1c(C)[nH]c(C(=O)COC(=O)c2ccc(OC(F)(F)F)cc2)c1C. The van der Waals surface area contributed by atoms with Crippen molar-refractivity contribution >= 4 is 17.5 Å². The maximum absolute atomic E-state index is 12.2. The van der Waals surface area contributed by atoms with Gasteiger partial charge in [-0.1, -0.05) is 0 Å². The normalized spacial score (nSPS) is 11.2. The van der Waals surface area contributed by atoms with Crippen molar-refractivity contribution in [3.63, 3.8) is 0 Å². The van der Waals surface area contributed by atoms with Gasteiger partial charge in [0.2, 0.25) is 5.78 Å². The van der Waals surface area contributed by atoms with E-state index in [-0.39, 0.29) is 17.0 Å². The second kappa shape index (κ2) is 7.65. The van der Waals surface area contributed by atoms with E-state index in [1.54, 1.807) is 13.8 Å². The van der Waals surface area contributed by atoms with Gasteiger partial charge in [0.05, 0.1) is 11.3 Å². The molecule has 144 valence electrons. The Kier molecular flexibility index (Phi) is 5.72. The molecular weight excluding hydrogens is 367 g/mol. The summed E-state index contributed by atoms with van der Waals surface area (Å²) >= 11 is 0. The van der Waals surface area contributed by atoms with Gasteiger partial charge in [0.1, 0.15) is 5.75 Å². The van der Waals surface area contributed by atoms with Gasteiger partial charge < -0.3 is 14.5 Å². The number of carbonyl (C=O) groups excluding carboxylic acids is 3. The van der Waals surface area contributed by atoms with Crippen molar-refractivity contribution in [1.82, 2.24) is 4.98 Å². The van der Waals surface area contributed by atoms with Crippen LogP contribution in [0.3, 0.4) is 0 Å². The van der Waals surface area contributed by atoms with Gasteiger partial charge in [-0.05, 0) is 50.6 Å². The summed E-state index contributed by atoms with van der Waals surface area (Å²) in [5.41, 5.74) is 1.54. The zero-order valence-electron chi connectivity index (χ0n) is 14.7. The molecular formula is C18H16F3NO5. The van der Waals surface area contributed by atoms with Crippen LogP contribution in [0.25, 0.3) is 0 Å². The maximum atomic E-state index is 12.2. The minimum absolute atomic E-state index is 0.0406. The number of esters is 1. The number of ketones is 2. The fourth-order valence-corrected chi connectivity index (χ4v) is 2.64. The molecule has 0 aliphatic rings. The molecule has 6 nitrogen and oxygen atoms in total. The highest BCUT2D eigenvalue weighted by Gasteiger charge is 2.31. The number of nitrogens with one attached hydrogen (secondary N) is 1. The third-order valence-electron chi connectivity index (χ3n) is 3.73. The van der Waals surface area contributed by atoms with Crippen LogP contribution in [-0.2, 0) is 4.74 Å². The van der Waals surface area contributed by atoms with E-state index in [9.17, 15) is 27.6 Å². The second-order valence-electron chi connectivity index (χ2n) is 5.75. The van der Waals surface area contributed by atoms with Crippen molar-refractivity contribution in [3.05, 3.63) is 52.3 Å². The molecule has 9 heteroatoms. The Labute approximate surface area is 152 Å². The smallest absolute Gasteiger partial charge is 0.454 e. The Morgan fingerprint density at radius 2 is 1.67 bits per heavy atom. The summed E-state index contributed by atoms with van der Waals surface area (Å²) in [4.78, 5) is 38.6. The highest BCUT2D eigenvalue weighted by molar-refractivity contribution is 6.04. The molecule has 1 N–H and O–H groups in total. The molecule has 2 rings (SSSR count). The minimum Gasteiger partial charge on any atom is -0.454 e. The number of aromatic amines is 1. The van der Waals surface area contributed by atoms with Crippen LogP contribution in [0.15, 0.2) is 24.3 Å². The molecule has 0 fully saturated rings. The molecule has 1 heterocycles. The predicted molar refractivity (Wildman–Crippen MR) is 88.0 cm³/mol. The van der Waals surface area contributed by atoms with Gasteiger partial charge in [-0.2, -0.15) is 0 Å². The van der Waals surface area contributed by atoms with E-state index in [1.807, 2.05) is 0 Å². The number of carbonyl (C=O) groups is 3. The molecule has 2 aromatic rings. The minimum atomic E-state index is -4.83. The Hall–Kier alpha value is -3.10. The Morgan fingerprint density at radius 3 is 2.15 bits per heavy atom. The van der Waals surface area contributed by atoms with Gasteiger partial charge in [-0.15, -0.1) is 13.2 Å². The van der Waals surface area contributed by atoms with Crippen LogP contribution in [0.5, 0.6) is 5.75 Å². The average molecular weight is 383 g/mol. The molecule has 0 saturated heterocycles. The third-order valence-corrected chi connectivity index (χ3v) is 3.73. The number of hydrogen-bond acceptors (Lipinski definition) is 5. The van der Waals surface area contributed by atoms with Gasteiger partial charge in [0.25, 0.3) is 0 Å². The summed E-state index contributed by atoms with van der Waals surface area (Å²) in [6.07, 6.45) is -4.83. The van der Waals surface area contributed by atoms with Gasteiger partial charge in [0, 0.05) is 11.3 Å². The highest BCUT2D eigenvalue weighted by Crippen LogP contribution is 2.23. The number of benzene rings is 1. The number of Topliss-reactive ketones (excluding diaryl/α,β-unsaturated/α-hetero) is 2. The number of aromatic nitrogens is 1. The molecule has 0 aliphatic heterocycles. The fourth-order valence-electron chi connectivity index (χ4n) is 2.64. The standard InChI is InChI=1S/C18H16F3NO5/c1-9-15(11(3)23)10(2)22-16(9)14(24)8-26-17(25)12-4-6-13(7-5-12)27-18(19,20)21/h4-7,22H,8H2,1-3H3. The van der Waals surface area contributed by atoms with Crippen molar-refractivity contribution in [1.29, 1.82) is 0 Å². The zero-order chi connectivity index (χ0) is 20.4. The van der Waals surface area contributed by atoms with Crippen LogP contribution in [-0.4, -0.2) is 35.5 Å². The van der Waals surface area contributed by atoms with E-state index in [1.165, 1.54) is 6.92 Å². The van der Waals surface area contributed by atoms with Gasteiger partial charge in [-0.25, -0.2) is 4.79 Å². The molecule has 1 aromatic heterocycles. The van der Waals surface area contributed by atoms with Crippen LogP contribution in [0.4, 0.5) is 13.2 Å². The number of H-pyrrole nitrogens is 1. The van der Waals surface area contributed by atoms with Gasteiger partial charge >= 0.3 is 12.3 Å². The Bertz CT molecular complexity index is 882. The van der Waals surface area contributed by atoms with Crippen LogP contribution in [0, 0.1) is 13.8 Å². The molecule has 0 aliphatic carbocycles. The van der Waals surface area contributed by atoms with Crippen molar-refractivity contribution < 1.29 is 37.0 Å². The summed E-state index contributed by atoms with van der Waals surface area (Å²) in [5.74, 6) is -2.09. The summed E-state index contributed by atoms with van der Waals surface area (Å²) in [6.45, 7) is 4.05. The molecule has 1 aromatic carbocycles. The number of aryl methyl sites for hydroxylation is 1. The lowest BCUT2D eigenvalue weighted by atomic mass is 10.1. The van der Waals surface area contributed by atoms with E-state index in [2.05, 4.69) is 9.72 Å². The monoisotopic (exact) mass is 383 g/mol. The first-order chi connectivity index (χ1) is 12.5. The summed E-state index contributed by atoms with van der Waals surface area (Å²) in [6, 6.07) is 4.10. The molecule has 0 atom stereocenters. The van der Waals surface area contributed by atoms with Crippen LogP contribution in [0.1, 0.15) is 49.4 Å². The van der Waals surface area contributed by atoms with E-state index >= 15 is 0 Å². The van der Waals surface area contributed by atoms with Crippen LogP contribution < -0.4 is 4.74 Å². The highest BCUT2D eigenvalue weighted by atomic mass is 19.4. The lowest BCUT2D eigenvalue weighted by Crippen LogP contribution is -2.17. The fraction of sp³-hybridized carbons (Fsp3) is 0.278. The van der Waals surface area contributed by atoms with Crippen LogP contribution >= 0.6 is 0 Å². The van der Waals surface area contributed by atoms with Crippen molar-refractivity contribution in [2.75, 3.05) is 6.61 Å². The van der Waals surface area contributed by atoms with Gasteiger partial charge in [0.15, 0.2) is 12.4 Å². The Balaban J connectivity index is 2.02. The van der Waals surface area contributed by atoms with E-state index < -0.39 is 30.5 Å². The molecule has 0 spiro atoms. The first kappa shape index (κ1) is 20.2. The van der Waals surface area contributed by atoms with Crippen molar-refractivity contribution in [3.8, 4) is 5.75 Å². The quantitative estimate of drug-likeness (QED) is 0.606. The second-order valence-corrected chi connectivity index (χ2v) is 5.75. The predicted octanol–water partition coefficient (Wildman–Crippen LogP) is 3.77. The van der Waals surface area contributed by atoms with E-state index in [4.69, 9.17) is 4.74 Å². The lowest BCUT2D eigenvalue weighted by Gasteiger charge is -2.09. The zero-order valence-corrected chi connectivity index (χ0v) is 14.7. The summed E-state index contributed by atoms with van der Waals surface area (Å²) in [7, 11) is 0. The maximum Gasteiger partial charge on any atom is 0.573 e. The number of ether oxygens (including phenoxy) is 2. The third kappa shape index (κ3) is 4.96.